The summed E-state index contributed by atoms with van der Waals surface area (Å²) in [5.41, 5.74) is 2.87. The number of allylic oxidation sites excluding steroid dienone is 3. The Kier molecular flexibility index (Phi) is 28.4. The number of unbranched alkanes of at least 4 members (excludes halogenated alkanes) is 12. The molecule has 0 heterocycles. The van der Waals surface area contributed by atoms with Crippen LogP contribution in [0.4, 0.5) is 0 Å². The van der Waals surface area contributed by atoms with Crippen LogP contribution in [-0.2, 0) is 28.7 Å². The lowest BCUT2D eigenvalue weighted by Gasteiger charge is -2.21. The van der Waals surface area contributed by atoms with Crippen molar-refractivity contribution in [2.45, 2.75) is 130 Å². The third-order valence-electron chi connectivity index (χ3n) is 10.6. The Hall–Kier alpha value is -4.82. The minimum Gasteiger partial charge on any atom is -0.492 e. The number of nitrogens with one attached hydrogen (secondary N) is 2. The number of rotatable bonds is 30. The smallest absolute Gasteiger partial charge is 0.247 e. The van der Waals surface area contributed by atoms with E-state index in [1.54, 1.807) is 21.3 Å². The second-order valence-electron chi connectivity index (χ2n) is 15.0. The molecule has 0 atom stereocenters. The number of methoxy groups -OCH3 is 6. The summed E-state index contributed by atoms with van der Waals surface area (Å²) in [6, 6.07) is 0. The lowest BCUT2D eigenvalue weighted by Crippen LogP contribution is -2.29. The largest absolute Gasteiger partial charge is 0.492 e. The minimum atomic E-state index is -0.488. The van der Waals surface area contributed by atoms with Gasteiger partial charge in [-0.3, -0.25) is 19.2 Å². The van der Waals surface area contributed by atoms with E-state index in [2.05, 4.69) is 24.5 Å². The Morgan fingerprint density at radius 2 is 0.903 bits per heavy atom. The van der Waals surface area contributed by atoms with Gasteiger partial charge in [-0.25, -0.2) is 0 Å². The number of hydrogen-bond acceptors (Lipinski definition) is 12. The van der Waals surface area contributed by atoms with Crippen LogP contribution in [0.5, 0.6) is 23.0 Å². The van der Waals surface area contributed by atoms with Gasteiger partial charge >= 0.3 is 0 Å². The summed E-state index contributed by atoms with van der Waals surface area (Å²) in [5.74, 6) is 0.105. The highest BCUT2D eigenvalue weighted by molar-refractivity contribution is 6.25. The number of ketones is 2. The molecule has 0 aromatic heterocycles. The number of ether oxygens (including phenoxy) is 6. The summed E-state index contributed by atoms with van der Waals surface area (Å²) < 4.78 is 32.4. The van der Waals surface area contributed by atoms with Crippen molar-refractivity contribution in [3.05, 3.63) is 51.0 Å². The van der Waals surface area contributed by atoms with E-state index in [-0.39, 0.29) is 60.8 Å². The number of aliphatic hydroxyl groups excluding tert-OH is 2. The second kappa shape index (κ2) is 31.9. The molecule has 0 saturated heterocycles. The average Bonchev–Trinajstić information content (AvgIpc) is 3.28. The Bertz CT molecular complexity index is 1710. The summed E-state index contributed by atoms with van der Waals surface area (Å²) in [7, 11) is 8.82. The van der Waals surface area contributed by atoms with Crippen molar-refractivity contribution < 1.29 is 57.8 Å². The third kappa shape index (κ3) is 17.2. The second-order valence-corrected chi connectivity index (χ2v) is 15.0. The van der Waals surface area contributed by atoms with E-state index < -0.39 is 11.6 Å². The molecule has 4 N–H and O–H groups in total. The summed E-state index contributed by atoms with van der Waals surface area (Å²) in [6.45, 7) is 7.86. The maximum absolute atomic E-state index is 12.8. The predicted octanol–water partition coefficient (Wildman–Crippen LogP) is 7.80. The van der Waals surface area contributed by atoms with Crippen LogP contribution in [0.3, 0.4) is 0 Å². The third-order valence-corrected chi connectivity index (χ3v) is 10.6. The average molecular weight is 873 g/mol. The van der Waals surface area contributed by atoms with Crippen LogP contribution in [0.25, 0.3) is 6.08 Å². The number of carbonyl (C=O) groups excluding carboxylic acids is 4. The van der Waals surface area contributed by atoms with Crippen molar-refractivity contribution >= 4 is 29.5 Å². The highest BCUT2D eigenvalue weighted by Gasteiger charge is 2.34. The zero-order chi connectivity index (χ0) is 46.5. The van der Waals surface area contributed by atoms with Gasteiger partial charge in [-0.1, -0.05) is 90.9 Å². The number of Topliss-reactive ketones (excluding diaryl/α,β-unsaturated/α-hetero) is 2. The SMILES string of the molecule is CCCCCCCCC/C(=C\C1=C(C)C(=O)C(OC)=C(OC)C1=O)C(=O)NCCO.CCCCCCCCC/C(=C\c1c(C)c(OC)c(OC)c(OC)c1OC)C(=O)NCCO. The molecule has 2 rings (SSSR count). The molecule has 0 radical (unpaired) electrons. The Labute approximate surface area is 370 Å². The molecule has 0 unspecified atom stereocenters. The first kappa shape index (κ1) is 55.2. The molecule has 14 heteroatoms. The molecule has 0 fully saturated rings. The standard InChI is InChI=1S/C25H41NO6.C23H35NO6/c1-7-8-9-10-11-12-13-14-19(25(28)26-15-16-27)17-20-18(2)21(29-3)23(31-5)24(32-6)22(20)30-4;1-5-6-7-8-9-10-11-12-17(23(28)24-13-14-25)15-18-16(2)19(26)21(29-3)22(30-4)20(18)27/h17,27H,7-16H2,1-6H3,(H,26,28);15,25H,5-14H2,1-4H3,(H,24,28)/b19-17+;17-15+. The molecule has 1 aliphatic rings. The highest BCUT2D eigenvalue weighted by Crippen LogP contribution is 2.50. The van der Waals surface area contributed by atoms with Crippen LogP contribution in [0.2, 0.25) is 0 Å². The van der Waals surface area contributed by atoms with Crippen LogP contribution in [0.1, 0.15) is 135 Å². The molecular formula is C48H76N2O12. The van der Waals surface area contributed by atoms with Crippen molar-refractivity contribution in [1.82, 2.24) is 10.6 Å². The predicted molar refractivity (Wildman–Crippen MR) is 243 cm³/mol. The Morgan fingerprint density at radius 3 is 1.31 bits per heavy atom. The summed E-state index contributed by atoms with van der Waals surface area (Å²) in [4.78, 5) is 50.8. The van der Waals surface area contributed by atoms with Crippen molar-refractivity contribution in [2.24, 2.45) is 0 Å². The number of carbonyl (C=O) groups is 4. The van der Waals surface area contributed by atoms with Gasteiger partial charge in [-0.15, -0.1) is 0 Å². The zero-order valence-electron chi connectivity index (χ0n) is 39.3. The van der Waals surface area contributed by atoms with E-state index in [9.17, 15) is 19.2 Å². The molecule has 350 valence electrons. The van der Waals surface area contributed by atoms with Gasteiger partial charge in [0.1, 0.15) is 0 Å². The van der Waals surface area contributed by atoms with Crippen molar-refractivity contribution in [1.29, 1.82) is 0 Å². The summed E-state index contributed by atoms with van der Waals surface area (Å²) in [6.07, 6.45) is 20.3. The Morgan fingerprint density at radius 1 is 0.516 bits per heavy atom. The number of aliphatic hydroxyl groups is 2. The molecule has 1 aliphatic carbocycles. The molecule has 14 nitrogen and oxygen atoms in total. The summed E-state index contributed by atoms with van der Waals surface area (Å²) >= 11 is 0. The molecule has 1 aromatic rings. The van der Waals surface area contributed by atoms with Crippen LogP contribution in [0, 0.1) is 6.92 Å². The van der Waals surface area contributed by atoms with Crippen LogP contribution >= 0.6 is 0 Å². The summed E-state index contributed by atoms with van der Waals surface area (Å²) in [5, 5.41) is 23.5. The number of amides is 2. The highest BCUT2D eigenvalue weighted by atomic mass is 16.5. The van der Waals surface area contributed by atoms with Gasteiger partial charge in [0.05, 0.1) is 55.9 Å². The van der Waals surface area contributed by atoms with E-state index in [1.165, 1.54) is 85.7 Å². The van der Waals surface area contributed by atoms with E-state index in [1.807, 2.05) is 13.0 Å². The minimum absolute atomic E-state index is 0.108. The van der Waals surface area contributed by atoms with E-state index >= 15 is 0 Å². The van der Waals surface area contributed by atoms with Crippen molar-refractivity contribution in [3.63, 3.8) is 0 Å². The van der Waals surface area contributed by atoms with Gasteiger partial charge < -0.3 is 49.3 Å². The first-order chi connectivity index (χ1) is 29.9. The van der Waals surface area contributed by atoms with E-state index in [4.69, 9.17) is 38.6 Å². The molecule has 0 bridgehead atoms. The monoisotopic (exact) mass is 873 g/mol. The number of hydrogen-bond donors (Lipinski definition) is 4. The Balaban J connectivity index is 0.000000621. The fourth-order valence-corrected chi connectivity index (χ4v) is 7.08. The van der Waals surface area contributed by atoms with Gasteiger partial charge in [-0.2, -0.15) is 0 Å². The van der Waals surface area contributed by atoms with E-state index in [0.717, 1.165) is 44.1 Å². The number of benzene rings is 1. The molecule has 0 spiro atoms. The van der Waals surface area contributed by atoms with Gasteiger partial charge in [0.25, 0.3) is 0 Å². The maximum atomic E-state index is 12.8. The normalized spacial score (nSPS) is 13.1. The van der Waals surface area contributed by atoms with Crippen LogP contribution in [0.15, 0.2) is 39.9 Å². The molecule has 62 heavy (non-hydrogen) atoms. The van der Waals surface area contributed by atoms with Gasteiger partial charge in [-0.05, 0) is 51.7 Å². The van der Waals surface area contributed by atoms with Crippen molar-refractivity contribution in [3.8, 4) is 23.0 Å². The molecule has 0 saturated carbocycles. The van der Waals surface area contributed by atoms with Crippen molar-refractivity contribution in [2.75, 3.05) is 69.0 Å². The molecule has 0 aliphatic heterocycles. The molecular weight excluding hydrogens is 797 g/mol. The zero-order valence-corrected chi connectivity index (χ0v) is 39.3. The van der Waals surface area contributed by atoms with Gasteiger partial charge in [0, 0.05) is 46.5 Å². The first-order valence-corrected chi connectivity index (χ1v) is 22.1. The quantitative estimate of drug-likeness (QED) is 0.0334. The fourth-order valence-electron chi connectivity index (χ4n) is 7.08. The fraction of sp³-hybridized carbons (Fsp3) is 0.625. The van der Waals surface area contributed by atoms with Gasteiger partial charge in [0.2, 0.25) is 46.4 Å². The van der Waals surface area contributed by atoms with Gasteiger partial charge in [0.15, 0.2) is 11.5 Å². The van der Waals surface area contributed by atoms with Crippen LogP contribution < -0.4 is 29.6 Å². The maximum Gasteiger partial charge on any atom is 0.247 e. The topological polar surface area (TPSA) is 188 Å². The lowest BCUT2D eigenvalue weighted by atomic mass is 9.90. The van der Waals surface area contributed by atoms with Crippen LogP contribution in [-0.4, -0.2) is 103 Å². The van der Waals surface area contributed by atoms with E-state index in [0.29, 0.717) is 52.5 Å². The lowest BCUT2D eigenvalue weighted by molar-refractivity contribution is -0.121. The first-order valence-electron chi connectivity index (χ1n) is 22.1. The molecule has 2 amide bonds. The molecule has 1 aromatic carbocycles.